The van der Waals surface area contributed by atoms with E-state index in [-0.39, 0.29) is 11.8 Å². The zero-order chi connectivity index (χ0) is 18.5. The molecule has 1 spiro atoms. The third kappa shape index (κ3) is 2.20. The number of carbonyl (C=O) groups excluding carboxylic acids is 2. The number of amides is 1. The van der Waals surface area contributed by atoms with Crippen LogP contribution < -0.4 is 5.01 Å². The fourth-order valence-corrected chi connectivity index (χ4v) is 4.16. The summed E-state index contributed by atoms with van der Waals surface area (Å²) in [5.74, 6) is -1.49. The molecule has 0 saturated heterocycles. The molecule has 1 aliphatic carbocycles. The van der Waals surface area contributed by atoms with Gasteiger partial charge in [0.2, 0.25) is 0 Å². The van der Waals surface area contributed by atoms with E-state index in [2.05, 4.69) is 5.10 Å². The summed E-state index contributed by atoms with van der Waals surface area (Å²) in [4.78, 5) is 25.8. The van der Waals surface area contributed by atoms with Crippen molar-refractivity contribution in [2.24, 2.45) is 16.4 Å². The summed E-state index contributed by atoms with van der Waals surface area (Å²) in [6.45, 7) is 1.80. The molecule has 3 atom stereocenters. The normalized spacial score (nSPS) is 26.8. The summed E-state index contributed by atoms with van der Waals surface area (Å²) in [6.07, 6.45) is 0. The Morgan fingerprint density at radius 2 is 1.81 bits per heavy atom. The topological polar surface area (TPSA) is 59.0 Å². The van der Waals surface area contributed by atoms with Crippen LogP contribution in [0, 0.1) is 11.3 Å². The van der Waals surface area contributed by atoms with Crippen molar-refractivity contribution in [3.8, 4) is 0 Å². The Morgan fingerprint density at radius 3 is 2.42 bits per heavy atom. The van der Waals surface area contributed by atoms with E-state index in [9.17, 15) is 9.59 Å². The second-order valence-electron chi connectivity index (χ2n) is 6.54. The number of anilines is 1. The molecule has 2 aliphatic rings. The maximum atomic E-state index is 13.4. The molecule has 0 unspecified atom stereocenters. The molecule has 0 aromatic heterocycles. The lowest BCUT2D eigenvalue weighted by Crippen LogP contribution is -2.32. The quantitative estimate of drug-likeness (QED) is 0.777. The van der Waals surface area contributed by atoms with Crippen LogP contribution in [0.4, 0.5) is 5.69 Å². The first-order valence-corrected chi connectivity index (χ1v) is 8.68. The van der Waals surface area contributed by atoms with Crippen molar-refractivity contribution in [2.75, 3.05) is 12.1 Å². The summed E-state index contributed by atoms with van der Waals surface area (Å²) in [5, 5.41) is 6.48. The van der Waals surface area contributed by atoms with Crippen molar-refractivity contribution in [3.63, 3.8) is 0 Å². The van der Waals surface area contributed by atoms with Crippen LogP contribution in [-0.2, 0) is 14.3 Å². The van der Waals surface area contributed by atoms with Gasteiger partial charge in [-0.2, -0.15) is 10.1 Å². The summed E-state index contributed by atoms with van der Waals surface area (Å²) in [5.41, 5.74) is 1.19. The Labute approximate surface area is 156 Å². The van der Waals surface area contributed by atoms with Gasteiger partial charge in [-0.25, -0.2) is 0 Å². The molecule has 0 N–H and O–H groups in total. The molecule has 0 radical (unpaired) electrons. The SMILES string of the molecule is COC(=O)[C@@H]1[C@@H](c2ccc(Cl)cc2)[C@]12C(=O)N(c1ccccc1)N=C2C. The number of benzene rings is 2. The van der Waals surface area contributed by atoms with Crippen LogP contribution in [0.5, 0.6) is 0 Å². The zero-order valence-electron chi connectivity index (χ0n) is 14.3. The van der Waals surface area contributed by atoms with E-state index in [1.807, 2.05) is 42.5 Å². The van der Waals surface area contributed by atoms with E-state index < -0.39 is 17.3 Å². The van der Waals surface area contributed by atoms with Crippen LogP contribution in [-0.4, -0.2) is 24.7 Å². The molecule has 6 heteroatoms. The highest BCUT2D eigenvalue weighted by Crippen LogP contribution is 2.68. The van der Waals surface area contributed by atoms with Gasteiger partial charge in [0.15, 0.2) is 0 Å². The molecular formula is C20H17ClN2O3. The van der Waals surface area contributed by atoms with Crippen molar-refractivity contribution in [2.45, 2.75) is 12.8 Å². The molecule has 4 rings (SSSR count). The average molecular weight is 369 g/mol. The van der Waals surface area contributed by atoms with Gasteiger partial charge in [-0.05, 0) is 36.8 Å². The number of para-hydroxylation sites is 1. The molecule has 1 fully saturated rings. The Hall–Kier alpha value is -2.66. The van der Waals surface area contributed by atoms with E-state index in [1.165, 1.54) is 12.1 Å². The minimum Gasteiger partial charge on any atom is -0.469 e. The standard InChI is InChI=1S/C20H17ClN2O3/c1-12-20(19(25)23(22-12)15-6-4-3-5-7-15)16(17(20)18(24)26-2)13-8-10-14(21)11-9-13/h3-11,16-17H,1-2H3/t16-,17+,20+/m1/s1. The Morgan fingerprint density at radius 1 is 1.15 bits per heavy atom. The second kappa shape index (κ2) is 5.95. The fourth-order valence-electron chi connectivity index (χ4n) is 4.03. The summed E-state index contributed by atoms with van der Waals surface area (Å²) in [6, 6.07) is 16.4. The van der Waals surface area contributed by atoms with E-state index in [4.69, 9.17) is 16.3 Å². The number of ether oxygens (including phenoxy) is 1. The van der Waals surface area contributed by atoms with Crippen LogP contribution in [0.15, 0.2) is 59.7 Å². The maximum absolute atomic E-state index is 13.4. The Balaban J connectivity index is 1.78. The first kappa shape index (κ1) is 16.8. The van der Waals surface area contributed by atoms with Crippen molar-refractivity contribution in [1.82, 2.24) is 0 Å². The third-order valence-corrected chi connectivity index (χ3v) is 5.54. The van der Waals surface area contributed by atoms with Crippen molar-refractivity contribution >= 4 is 34.9 Å². The highest BCUT2D eigenvalue weighted by atomic mass is 35.5. The largest absolute Gasteiger partial charge is 0.469 e. The van der Waals surface area contributed by atoms with Gasteiger partial charge in [0.1, 0.15) is 5.41 Å². The van der Waals surface area contributed by atoms with E-state index in [0.29, 0.717) is 16.4 Å². The fraction of sp³-hybridized carbons (Fsp3) is 0.250. The molecule has 132 valence electrons. The van der Waals surface area contributed by atoms with Gasteiger partial charge < -0.3 is 4.74 Å². The van der Waals surface area contributed by atoms with Gasteiger partial charge in [0.25, 0.3) is 5.91 Å². The van der Waals surface area contributed by atoms with Crippen LogP contribution in [0.25, 0.3) is 0 Å². The van der Waals surface area contributed by atoms with Gasteiger partial charge in [-0.1, -0.05) is 41.9 Å². The lowest BCUT2D eigenvalue weighted by molar-refractivity contribution is -0.143. The van der Waals surface area contributed by atoms with Gasteiger partial charge in [0, 0.05) is 10.9 Å². The Bertz CT molecular complexity index is 910. The molecule has 1 saturated carbocycles. The molecule has 5 nitrogen and oxygen atoms in total. The summed E-state index contributed by atoms with van der Waals surface area (Å²) < 4.78 is 4.98. The number of nitrogens with zero attached hydrogens (tertiary/aromatic N) is 2. The highest BCUT2D eigenvalue weighted by molar-refractivity contribution is 6.30. The van der Waals surface area contributed by atoms with E-state index in [0.717, 1.165) is 5.56 Å². The molecule has 2 aromatic rings. The van der Waals surface area contributed by atoms with Crippen molar-refractivity contribution in [3.05, 3.63) is 65.2 Å². The van der Waals surface area contributed by atoms with Crippen LogP contribution >= 0.6 is 11.6 Å². The van der Waals surface area contributed by atoms with Crippen molar-refractivity contribution < 1.29 is 14.3 Å². The first-order chi connectivity index (χ1) is 12.5. The van der Waals surface area contributed by atoms with Crippen LogP contribution in [0.3, 0.4) is 0 Å². The first-order valence-electron chi connectivity index (χ1n) is 8.30. The number of esters is 1. The van der Waals surface area contributed by atoms with E-state index >= 15 is 0 Å². The number of hydrogen-bond acceptors (Lipinski definition) is 4. The number of hydrogen-bond donors (Lipinski definition) is 0. The van der Waals surface area contributed by atoms with Crippen LogP contribution in [0.1, 0.15) is 18.4 Å². The molecule has 1 amide bonds. The molecule has 1 aliphatic heterocycles. The lowest BCUT2D eigenvalue weighted by atomic mass is 9.93. The average Bonchev–Trinajstić information content (AvgIpc) is 3.30. The molecule has 26 heavy (non-hydrogen) atoms. The minimum atomic E-state index is -0.989. The second-order valence-corrected chi connectivity index (χ2v) is 6.97. The van der Waals surface area contributed by atoms with Gasteiger partial charge in [0.05, 0.1) is 24.4 Å². The number of methoxy groups -OCH3 is 1. The predicted molar refractivity (Wildman–Crippen MR) is 99.2 cm³/mol. The summed E-state index contributed by atoms with van der Waals surface area (Å²) in [7, 11) is 1.34. The smallest absolute Gasteiger partial charge is 0.310 e. The van der Waals surface area contributed by atoms with Gasteiger partial charge in [-0.3, -0.25) is 9.59 Å². The Kier molecular flexibility index (Phi) is 3.84. The number of halogens is 1. The minimum absolute atomic E-state index is 0.198. The number of hydrazone groups is 1. The lowest BCUT2D eigenvalue weighted by Gasteiger charge is -2.14. The number of carbonyl (C=O) groups is 2. The monoisotopic (exact) mass is 368 g/mol. The van der Waals surface area contributed by atoms with Gasteiger partial charge >= 0.3 is 5.97 Å². The van der Waals surface area contributed by atoms with Crippen molar-refractivity contribution in [1.29, 1.82) is 0 Å². The number of rotatable bonds is 3. The predicted octanol–water partition coefficient (Wildman–Crippen LogP) is 3.64. The molecular weight excluding hydrogens is 352 g/mol. The van der Waals surface area contributed by atoms with Crippen LogP contribution in [0.2, 0.25) is 5.02 Å². The third-order valence-electron chi connectivity index (χ3n) is 5.29. The van der Waals surface area contributed by atoms with E-state index in [1.54, 1.807) is 19.1 Å². The van der Waals surface area contributed by atoms with Gasteiger partial charge in [-0.15, -0.1) is 0 Å². The summed E-state index contributed by atoms with van der Waals surface area (Å²) >= 11 is 5.98. The molecule has 0 bridgehead atoms. The highest BCUT2D eigenvalue weighted by Gasteiger charge is 2.78. The molecule has 1 heterocycles. The molecule has 2 aromatic carbocycles. The zero-order valence-corrected chi connectivity index (χ0v) is 15.1. The maximum Gasteiger partial charge on any atom is 0.310 e.